The topological polar surface area (TPSA) is 81.8 Å². The largest absolute Gasteiger partial charge is 0.348 e. The molecule has 0 bridgehead atoms. The number of nitroso groups, excluding NO2 is 1. The highest BCUT2D eigenvalue weighted by Crippen LogP contribution is 2.13. The van der Waals surface area contributed by atoms with Crippen LogP contribution in [0.3, 0.4) is 0 Å². The monoisotopic (exact) mass is 224 g/mol. The Hall–Kier alpha value is -1.82. The van der Waals surface area contributed by atoms with E-state index in [0.29, 0.717) is 6.42 Å². The first-order valence-electron chi connectivity index (χ1n) is 4.84. The summed E-state index contributed by atoms with van der Waals surface area (Å²) in [5.41, 5.74) is 0.803. The summed E-state index contributed by atoms with van der Waals surface area (Å²) in [5.74, 6) is 0. The van der Waals surface area contributed by atoms with E-state index in [9.17, 15) is 15.0 Å². The lowest BCUT2D eigenvalue weighted by atomic mass is 10.2. The van der Waals surface area contributed by atoms with Gasteiger partial charge in [-0.25, -0.2) is 0 Å². The Balaban J connectivity index is 2.55. The maximum atomic E-state index is 10.4. The van der Waals surface area contributed by atoms with Crippen molar-refractivity contribution >= 4 is 5.69 Å². The molecule has 1 aromatic rings. The molecule has 1 unspecified atom stereocenters. The zero-order chi connectivity index (χ0) is 12.0. The molecule has 0 saturated heterocycles. The zero-order valence-electron chi connectivity index (χ0n) is 8.83. The first-order valence-corrected chi connectivity index (χ1v) is 4.84. The molecule has 0 aromatic heterocycles. The lowest BCUT2D eigenvalue weighted by Gasteiger charge is -2.07. The van der Waals surface area contributed by atoms with Crippen molar-refractivity contribution < 1.29 is 9.66 Å². The van der Waals surface area contributed by atoms with E-state index in [0.717, 1.165) is 5.56 Å². The van der Waals surface area contributed by atoms with Crippen LogP contribution in [0, 0.1) is 15.0 Å². The van der Waals surface area contributed by atoms with Gasteiger partial charge in [0.1, 0.15) is 0 Å². The van der Waals surface area contributed by atoms with Crippen LogP contribution in [0.25, 0.3) is 0 Å². The van der Waals surface area contributed by atoms with Crippen molar-refractivity contribution in [2.75, 3.05) is 0 Å². The molecule has 0 radical (unpaired) electrons. The van der Waals surface area contributed by atoms with E-state index in [4.69, 9.17) is 4.74 Å². The Kier molecular flexibility index (Phi) is 4.53. The molecule has 0 aliphatic carbocycles. The summed E-state index contributed by atoms with van der Waals surface area (Å²) in [7, 11) is 0. The van der Waals surface area contributed by atoms with Gasteiger partial charge in [0.2, 0.25) is 0 Å². The summed E-state index contributed by atoms with van der Waals surface area (Å²) in [6.07, 6.45) is -0.147. The minimum absolute atomic E-state index is 0.0318. The Labute approximate surface area is 92.4 Å². The van der Waals surface area contributed by atoms with Crippen molar-refractivity contribution in [1.29, 1.82) is 0 Å². The second kappa shape index (κ2) is 5.92. The van der Waals surface area contributed by atoms with Gasteiger partial charge in [-0.1, -0.05) is 6.92 Å². The van der Waals surface area contributed by atoms with Gasteiger partial charge in [-0.3, -0.25) is 10.1 Å². The van der Waals surface area contributed by atoms with Crippen LogP contribution >= 0.6 is 0 Å². The van der Waals surface area contributed by atoms with Gasteiger partial charge in [-0.2, -0.15) is 0 Å². The number of nitrogens with zero attached hydrogens (tertiary/aromatic N) is 2. The molecular formula is C10H12N2O4. The third kappa shape index (κ3) is 3.39. The smallest absolute Gasteiger partial charge is 0.269 e. The lowest BCUT2D eigenvalue weighted by molar-refractivity contribution is -0.384. The van der Waals surface area contributed by atoms with Crippen LogP contribution in [-0.4, -0.2) is 11.2 Å². The number of ether oxygens (including phenoxy) is 1. The molecule has 86 valence electrons. The predicted octanol–water partition coefficient (Wildman–Crippen LogP) is 2.61. The standard InChI is InChI=1S/C10H12N2O4/c1-2-10(11-13)16-7-8-3-5-9(6-4-8)12(14)15/h3-6,10H,2,7H2,1H3. The zero-order valence-corrected chi connectivity index (χ0v) is 8.83. The maximum Gasteiger partial charge on any atom is 0.269 e. The Morgan fingerprint density at radius 1 is 1.44 bits per heavy atom. The van der Waals surface area contributed by atoms with Crippen molar-refractivity contribution in [2.45, 2.75) is 26.2 Å². The lowest BCUT2D eigenvalue weighted by Crippen LogP contribution is -2.07. The fourth-order valence-electron chi connectivity index (χ4n) is 1.13. The van der Waals surface area contributed by atoms with Gasteiger partial charge >= 0.3 is 0 Å². The molecule has 0 aliphatic heterocycles. The van der Waals surface area contributed by atoms with Crippen LogP contribution in [0.5, 0.6) is 0 Å². The van der Waals surface area contributed by atoms with Gasteiger partial charge in [-0.15, -0.1) is 4.91 Å². The second-order valence-corrected chi connectivity index (χ2v) is 3.20. The summed E-state index contributed by atoms with van der Waals surface area (Å²) in [6.45, 7) is 2.02. The quantitative estimate of drug-likeness (QED) is 0.422. The summed E-state index contributed by atoms with van der Waals surface area (Å²) >= 11 is 0. The van der Waals surface area contributed by atoms with Crippen LogP contribution in [0.2, 0.25) is 0 Å². The highest BCUT2D eigenvalue weighted by molar-refractivity contribution is 5.32. The van der Waals surface area contributed by atoms with Gasteiger partial charge in [0.05, 0.1) is 11.5 Å². The van der Waals surface area contributed by atoms with E-state index in [2.05, 4.69) is 5.18 Å². The van der Waals surface area contributed by atoms with Crippen LogP contribution in [0.4, 0.5) is 5.69 Å². The molecule has 1 aromatic carbocycles. The number of rotatable bonds is 6. The summed E-state index contributed by atoms with van der Waals surface area (Å²) in [6, 6.07) is 5.98. The van der Waals surface area contributed by atoms with E-state index < -0.39 is 11.2 Å². The minimum Gasteiger partial charge on any atom is -0.348 e. The first-order chi connectivity index (χ1) is 7.67. The minimum atomic E-state index is -0.657. The molecule has 0 amide bonds. The Bertz CT molecular complexity index is 364. The summed E-state index contributed by atoms with van der Waals surface area (Å²) in [5, 5.41) is 13.2. The number of non-ortho nitro benzene ring substituents is 1. The SMILES string of the molecule is CCC(N=O)OCc1ccc([N+](=O)[O-])cc1. The molecule has 6 nitrogen and oxygen atoms in total. The summed E-state index contributed by atoms with van der Waals surface area (Å²) in [4.78, 5) is 20.2. The molecule has 1 rings (SSSR count). The Morgan fingerprint density at radius 2 is 2.06 bits per heavy atom. The van der Waals surface area contributed by atoms with Crippen molar-refractivity contribution in [1.82, 2.24) is 0 Å². The molecular weight excluding hydrogens is 212 g/mol. The molecule has 0 aliphatic rings. The maximum absolute atomic E-state index is 10.4. The average Bonchev–Trinajstić information content (AvgIpc) is 2.31. The highest BCUT2D eigenvalue weighted by Gasteiger charge is 2.07. The van der Waals surface area contributed by atoms with Crippen LogP contribution in [0.15, 0.2) is 29.4 Å². The molecule has 0 fully saturated rings. The van der Waals surface area contributed by atoms with Gasteiger partial charge in [-0.05, 0) is 29.3 Å². The van der Waals surface area contributed by atoms with Crippen molar-refractivity contribution in [3.8, 4) is 0 Å². The van der Waals surface area contributed by atoms with Gasteiger partial charge < -0.3 is 4.74 Å². The van der Waals surface area contributed by atoms with Gasteiger partial charge in [0.15, 0.2) is 6.23 Å². The molecule has 1 atom stereocenters. The second-order valence-electron chi connectivity index (χ2n) is 3.20. The third-order valence-electron chi connectivity index (χ3n) is 2.06. The molecule has 6 heteroatoms. The number of hydrogen-bond donors (Lipinski definition) is 0. The number of nitro benzene ring substituents is 1. The molecule has 16 heavy (non-hydrogen) atoms. The third-order valence-corrected chi connectivity index (χ3v) is 2.06. The van der Waals surface area contributed by atoms with E-state index in [1.165, 1.54) is 12.1 Å². The van der Waals surface area contributed by atoms with E-state index >= 15 is 0 Å². The number of hydrogen-bond acceptors (Lipinski definition) is 5. The number of nitro groups is 1. The van der Waals surface area contributed by atoms with Gasteiger partial charge in [0, 0.05) is 12.1 Å². The van der Waals surface area contributed by atoms with Crippen LogP contribution in [-0.2, 0) is 11.3 Å². The number of benzene rings is 1. The molecule has 0 N–H and O–H groups in total. The fourth-order valence-corrected chi connectivity index (χ4v) is 1.13. The fraction of sp³-hybridized carbons (Fsp3) is 0.400. The van der Waals surface area contributed by atoms with E-state index in [1.807, 2.05) is 0 Å². The summed E-state index contributed by atoms with van der Waals surface area (Å²) < 4.78 is 5.18. The van der Waals surface area contributed by atoms with E-state index in [-0.39, 0.29) is 12.3 Å². The molecule has 0 heterocycles. The molecule has 0 saturated carbocycles. The normalized spacial score (nSPS) is 12.1. The molecule has 0 spiro atoms. The van der Waals surface area contributed by atoms with Crippen molar-refractivity contribution in [2.24, 2.45) is 5.18 Å². The average molecular weight is 224 g/mol. The van der Waals surface area contributed by atoms with Gasteiger partial charge in [0.25, 0.3) is 5.69 Å². The van der Waals surface area contributed by atoms with Crippen molar-refractivity contribution in [3.63, 3.8) is 0 Å². The van der Waals surface area contributed by atoms with Crippen LogP contribution in [0.1, 0.15) is 18.9 Å². The van der Waals surface area contributed by atoms with Crippen LogP contribution < -0.4 is 0 Å². The van der Waals surface area contributed by atoms with Crippen molar-refractivity contribution in [3.05, 3.63) is 44.9 Å². The Morgan fingerprint density at radius 3 is 2.50 bits per heavy atom. The highest BCUT2D eigenvalue weighted by atomic mass is 16.6. The van der Waals surface area contributed by atoms with E-state index in [1.54, 1.807) is 19.1 Å². The first kappa shape index (κ1) is 12.3. The predicted molar refractivity (Wildman–Crippen MR) is 57.8 cm³/mol.